The summed E-state index contributed by atoms with van der Waals surface area (Å²) < 4.78 is 9.73. The van der Waals surface area contributed by atoms with E-state index >= 15 is 0 Å². The number of hydrogen-bond acceptors (Lipinski definition) is 4. The van der Waals surface area contributed by atoms with Crippen molar-refractivity contribution in [3.8, 4) is 0 Å². The first-order chi connectivity index (χ1) is 4.83. The third kappa shape index (κ3) is 2.04. The topological polar surface area (TPSA) is 35.5 Å². The maximum Gasteiger partial charge on any atom is 0.308 e. The molecule has 56 valence electrons. The molecule has 0 aliphatic carbocycles. The molecular weight excluding hydrogens is 152 g/mol. The molecule has 0 spiro atoms. The van der Waals surface area contributed by atoms with Gasteiger partial charge in [-0.1, -0.05) is 6.58 Å². The van der Waals surface area contributed by atoms with Crippen molar-refractivity contribution in [1.29, 1.82) is 0 Å². The summed E-state index contributed by atoms with van der Waals surface area (Å²) in [4.78, 5) is 10.5. The highest BCUT2D eigenvalue weighted by Crippen LogP contribution is 2.16. The standard InChI is InChI=1S/C6H8O3S/c1-2-10-9-5-3-6(7)8-4-5/h2,5H,1,3-4H2. The van der Waals surface area contributed by atoms with Gasteiger partial charge in [-0.05, 0) is 5.41 Å². The highest BCUT2D eigenvalue weighted by atomic mass is 32.2. The van der Waals surface area contributed by atoms with E-state index in [0.29, 0.717) is 13.0 Å². The number of esters is 1. The Labute approximate surface area is 63.6 Å². The van der Waals surface area contributed by atoms with Crippen LogP contribution in [-0.4, -0.2) is 18.7 Å². The predicted molar refractivity (Wildman–Crippen MR) is 38.2 cm³/mol. The normalized spacial score (nSPS) is 24.4. The fraction of sp³-hybridized carbons (Fsp3) is 0.500. The van der Waals surface area contributed by atoms with Gasteiger partial charge in [-0.25, -0.2) is 0 Å². The van der Waals surface area contributed by atoms with E-state index in [0.717, 1.165) is 12.0 Å². The highest BCUT2D eigenvalue weighted by molar-refractivity contribution is 7.97. The molecule has 0 radical (unpaired) electrons. The Balaban J connectivity index is 2.18. The zero-order valence-electron chi connectivity index (χ0n) is 5.41. The summed E-state index contributed by atoms with van der Waals surface area (Å²) in [6, 6.07) is 0. The van der Waals surface area contributed by atoms with Crippen LogP contribution >= 0.6 is 12.0 Å². The van der Waals surface area contributed by atoms with Gasteiger partial charge in [0.15, 0.2) is 0 Å². The van der Waals surface area contributed by atoms with Crippen LogP contribution in [0.2, 0.25) is 0 Å². The Hall–Kier alpha value is -0.480. The maximum atomic E-state index is 10.5. The third-order valence-electron chi connectivity index (χ3n) is 1.08. The van der Waals surface area contributed by atoms with Crippen molar-refractivity contribution >= 4 is 18.0 Å². The van der Waals surface area contributed by atoms with E-state index in [-0.39, 0.29) is 12.1 Å². The van der Waals surface area contributed by atoms with Crippen LogP contribution in [0.1, 0.15) is 6.42 Å². The molecule has 0 amide bonds. The summed E-state index contributed by atoms with van der Waals surface area (Å²) in [5, 5.41) is 1.57. The maximum absolute atomic E-state index is 10.5. The molecule has 4 heteroatoms. The first kappa shape index (κ1) is 7.63. The molecule has 0 aromatic rings. The smallest absolute Gasteiger partial charge is 0.308 e. The summed E-state index contributed by atoms with van der Waals surface area (Å²) in [5.74, 6) is -0.185. The molecule has 1 saturated heterocycles. The van der Waals surface area contributed by atoms with E-state index in [4.69, 9.17) is 4.18 Å². The van der Waals surface area contributed by atoms with Crippen LogP contribution in [0.5, 0.6) is 0 Å². The Kier molecular flexibility index (Phi) is 2.77. The van der Waals surface area contributed by atoms with Crippen LogP contribution in [0.3, 0.4) is 0 Å². The van der Waals surface area contributed by atoms with E-state index in [1.54, 1.807) is 5.41 Å². The second kappa shape index (κ2) is 3.63. The lowest BCUT2D eigenvalue weighted by Gasteiger charge is -2.01. The molecule has 10 heavy (non-hydrogen) atoms. The molecule has 1 atom stereocenters. The molecule has 0 saturated carbocycles. The second-order valence-electron chi connectivity index (χ2n) is 1.87. The zero-order valence-corrected chi connectivity index (χ0v) is 6.23. The largest absolute Gasteiger partial charge is 0.463 e. The monoisotopic (exact) mass is 160 g/mol. The molecule has 1 heterocycles. The van der Waals surface area contributed by atoms with Gasteiger partial charge in [-0.3, -0.25) is 4.79 Å². The van der Waals surface area contributed by atoms with Gasteiger partial charge in [-0.15, -0.1) is 0 Å². The van der Waals surface area contributed by atoms with Gasteiger partial charge in [0.05, 0.1) is 6.42 Å². The highest BCUT2D eigenvalue weighted by Gasteiger charge is 2.24. The molecule has 0 N–H and O–H groups in total. The van der Waals surface area contributed by atoms with E-state index in [1.807, 2.05) is 0 Å². The molecule has 1 aliphatic rings. The van der Waals surface area contributed by atoms with Gasteiger partial charge in [0, 0.05) is 12.0 Å². The molecule has 1 unspecified atom stereocenters. The quantitative estimate of drug-likeness (QED) is 0.457. The average Bonchev–Trinajstić information content (AvgIpc) is 2.31. The van der Waals surface area contributed by atoms with Crippen molar-refractivity contribution in [2.75, 3.05) is 6.61 Å². The number of cyclic esters (lactones) is 1. The van der Waals surface area contributed by atoms with Crippen molar-refractivity contribution in [2.24, 2.45) is 0 Å². The van der Waals surface area contributed by atoms with Crippen LogP contribution in [0, 0.1) is 0 Å². The van der Waals surface area contributed by atoms with Gasteiger partial charge < -0.3 is 8.92 Å². The van der Waals surface area contributed by atoms with Crippen molar-refractivity contribution < 1.29 is 13.7 Å². The Morgan fingerprint density at radius 2 is 2.70 bits per heavy atom. The molecule has 1 rings (SSSR count). The Morgan fingerprint density at radius 3 is 3.20 bits per heavy atom. The fourth-order valence-corrected chi connectivity index (χ4v) is 1.03. The van der Waals surface area contributed by atoms with E-state index in [1.165, 1.54) is 0 Å². The minimum absolute atomic E-state index is 0.0875. The van der Waals surface area contributed by atoms with Gasteiger partial charge in [0.25, 0.3) is 0 Å². The molecular formula is C6H8O3S. The molecule has 3 nitrogen and oxygen atoms in total. The van der Waals surface area contributed by atoms with E-state index in [9.17, 15) is 4.79 Å². The number of ether oxygens (including phenoxy) is 1. The minimum Gasteiger partial charge on any atom is -0.463 e. The van der Waals surface area contributed by atoms with E-state index in [2.05, 4.69) is 11.3 Å². The summed E-state index contributed by atoms with van der Waals surface area (Å²) in [6.07, 6.45) is 0.274. The lowest BCUT2D eigenvalue weighted by Crippen LogP contribution is -2.06. The summed E-state index contributed by atoms with van der Waals surface area (Å²) in [7, 11) is 0. The third-order valence-corrected chi connectivity index (χ3v) is 1.60. The van der Waals surface area contributed by atoms with Crippen LogP contribution in [-0.2, 0) is 13.7 Å². The zero-order chi connectivity index (χ0) is 7.40. The number of hydrogen-bond donors (Lipinski definition) is 0. The fourth-order valence-electron chi connectivity index (χ4n) is 0.669. The number of rotatable bonds is 3. The van der Waals surface area contributed by atoms with Gasteiger partial charge >= 0.3 is 5.97 Å². The van der Waals surface area contributed by atoms with E-state index < -0.39 is 0 Å². The van der Waals surface area contributed by atoms with Crippen molar-refractivity contribution in [3.63, 3.8) is 0 Å². The first-order valence-corrected chi connectivity index (χ1v) is 3.72. The van der Waals surface area contributed by atoms with Crippen molar-refractivity contribution in [2.45, 2.75) is 12.5 Å². The molecule has 1 fully saturated rings. The number of carbonyl (C=O) groups is 1. The SMILES string of the molecule is C=CSOC1COC(=O)C1. The summed E-state index contributed by atoms with van der Waals surface area (Å²) in [5.41, 5.74) is 0. The Morgan fingerprint density at radius 1 is 1.90 bits per heavy atom. The Bertz CT molecular complexity index is 146. The van der Waals surface area contributed by atoms with Crippen LogP contribution in [0.25, 0.3) is 0 Å². The van der Waals surface area contributed by atoms with Gasteiger partial charge in [0.2, 0.25) is 0 Å². The van der Waals surface area contributed by atoms with Crippen LogP contribution in [0.15, 0.2) is 12.0 Å². The lowest BCUT2D eigenvalue weighted by molar-refractivity contribution is -0.137. The molecule has 1 aliphatic heterocycles. The second-order valence-corrected chi connectivity index (χ2v) is 2.59. The van der Waals surface area contributed by atoms with Crippen LogP contribution in [0.4, 0.5) is 0 Å². The molecule has 0 aromatic heterocycles. The predicted octanol–water partition coefficient (Wildman–Crippen LogP) is 1.11. The van der Waals surface area contributed by atoms with Gasteiger partial charge in [0.1, 0.15) is 12.7 Å². The number of carbonyl (C=O) groups excluding carboxylic acids is 1. The van der Waals surface area contributed by atoms with Crippen LogP contribution < -0.4 is 0 Å². The molecule has 0 bridgehead atoms. The minimum atomic E-state index is -0.185. The lowest BCUT2D eigenvalue weighted by atomic mass is 10.3. The van der Waals surface area contributed by atoms with Gasteiger partial charge in [-0.2, -0.15) is 0 Å². The van der Waals surface area contributed by atoms with Crippen molar-refractivity contribution in [3.05, 3.63) is 12.0 Å². The summed E-state index contributed by atoms with van der Waals surface area (Å²) >= 11 is 1.14. The summed E-state index contributed by atoms with van der Waals surface area (Å²) in [6.45, 7) is 3.83. The van der Waals surface area contributed by atoms with Crippen molar-refractivity contribution in [1.82, 2.24) is 0 Å². The first-order valence-electron chi connectivity index (χ1n) is 2.91. The molecule has 0 aromatic carbocycles. The average molecular weight is 160 g/mol.